The average Bonchev–Trinajstić information content (AvgIpc) is 2.33. The van der Waals surface area contributed by atoms with Crippen molar-refractivity contribution in [2.45, 2.75) is 38.6 Å². The van der Waals surface area contributed by atoms with Crippen LogP contribution in [0.2, 0.25) is 0 Å². The minimum Gasteiger partial charge on any atom is -0.465 e. The Morgan fingerprint density at radius 1 is 1.28 bits per heavy atom. The highest BCUT2D eigenvalue weighted by atomic mass is 16.5. The van der Waals surface area contributed by atoms with Gasteiger partial charge in [-0.15, -0.1) is 0 Å². The van der Waals surface area contributed by atoms with Crippen LogP contribution in [-0.2, 0) is 22.5 Å². The van der Waals surface area contributed by atoms with E-state index in [1.807, 2.05) is 24.3 Å². The first kappa shape index (κ1) is 13.1. The largest absolute Gasteiger partial charge is 0.465 e. The second kappa shape index (κ2) is 6.55. The number of hydrogen-bond donors (Lipinski definition) is 1. The van der Waals surface area contributed by atoms with Gasteiger partial charge in [-0.25, -0.2) is 0 Å². The van der Waals surface area contributed by atoms with Gasteiger partial charge in [0.2, 0.25) is 0 Å². The van der Waals surface area contributed by atoms with Gasteiger partial charge in [0.25, 0.3) is 0 Å². The van der Waals surface area contributed by atoms with Gasteiger partial charge in [0, 0.05) is 6.54 Å². The smallest absolute Gasteiger partial charge is 0.310 e. The molecular formula is C15H21NO2. The highest BCUT2D eigenvalue weighted by molar-refractivity contribution is 5.73. The summed E-state index contributed by atoms with van der Waals surface area (Å²) in [6.07, 6.45) is 5.28. The number of esters is 1. The molecule has 0 aliphatic heterocycles. The summed E-state index contributed by atoms with van der Waals surface area (Å²) in [5.41, 5.74) is 7.64. The van der Waals surface area contributed by atoms with Crippen molar-refractivity contribution in [2.24, 2.45) is 11.7 Å². The van der Waals surface area contributed by atoms with Gasteiger partial charge in [0.05, 0.1) is 13.0 Å². The monoisotopic (exact) mass is 247 g/mol. The standard InChI is InChI=1S/C15H21NO2/c16-11-14-7-2-1-6-13(14)10-15(17)18-9-8-12-4-3-5-12/h1-2,6-7,12H,3-5,8-11,16H2. The molecule has 2 rings (SSSR count). The normalized spacial score (nSPS) is 15.2. The van der Waals surface area contributed by atoms with E-state index in [9.17, 15) is 4.79 Å². The molecule has 3 heteroatoms. The Bertz CT molecular complexity index is 399. The molecule has 1 aromatic rings. The van der Waals surface area contributed by atoms with Crippen LogP contribution in [0.15, 0.2) is 24.3 Å². The molecular weight excluding hydrogens is 226 g/mol. The summed E-state index contributed by atoms with van der Waals surface area (Å²) in [5.74, 6) is 0.643. The number of benzene rings is 1. The van der Waals surface area contributed by atoms with Crippen LogP contribution >= 0.6 is 0 Å². The van der Waals surface area contributed by atoms with Gasteiger partial charge < -0.3 is 10.5 Å². The zero-order valence-electron chi connectivity index (χ0n) is 10.7. The molecule has 1 saturated carbocycles. The maximum Gasteiger partial charge on any atom is 0.310 e. The second-order valence-electron chi connectivity index (χ2n) is 4.96. The molecule has 0 radical (unpaired) electrons. The minimum atomic E-state index is -0.143. The molecule has 0 spiro atoms. The Morgan fingerprint density at radius 3 is 2.61 bits per heavy atom. The van der Waals surface area contributed by atoms with E-state index in [1.165, 1.54) is 19.3 Å². The van der Waals surface area contributed by atoms with Gasteiger partial charge >= 0.3 is 5.97 Å². The van der Waals surface area contributed by atoms with Crippen molar-refractivity contribution >= 4 is 5.97 Å². The van der Waals surface area contributed by atoms with Crippen molar-refractivity contribution in [3.8, 4) is 0 Å². The first-order valence-corrected chi connectivity index (χ1v) is 6.72. The van der Waals surface area contributed by atoms with E-state index in [0.717, 1.165) is 23.5 Å². The van der Waals surface area contributed by atoms with Gasteiger partial charge in [0.1, 0.15) is 0 Å². The molecule has 0 saturated heterocycles. The maximum atomic E-state index is 11.7. The minimum absolute atomic E-state index is 0.143. The van der Waals surface area contributed by atoms with Crippen molar-refractivity contribution in [3.05, 3.63) is 35.4 Å². The van der Waals surface area contributed by atoms with Crippen LogP contribution in [0, 0.1) is 5.92 Å². The highest BCUT2D eigenvalue weighted by Gasteiger charge is 2.17. The molecule has 1 aliphatic rings. The maximum absolute atomic E-state index is 11.7. The Hall–Kier alpha value is -1.35. The summed E-state index contributed by atoms with van der Waals surface area (Å²) in [7, 11) is 0. The first-order valence-electron chi connectivity index (χ1n) is 6.72. The van der Waals surface area contributed by atoms with Crippen LogP contribution in [0.3, 0.4) is 0 Å². The van der Waals surface area contributed by atoms with Crippen molar-refractivity contribution in [1.82, 2.24) is 0 Å². The van der Waals surface area contributed by atoms with Crippen LogP contribution in [0.4, 0.5) is 0 Å². The van der Waals surface area contributed by atoms with E-state index in [1.54, 1.807) is 0 Å². The van der Waals surface area contributed by atoms with Gasteiger partial charge in [-0.2, -0.15) is 0 Å². The highest BCUT2D eigenvalue weighted by Crippen LogP contribution is 2.29. The zero-order chi connectivity index (χ0) is 12.8. The molecule has 0 amide bonds. The van der Waals surface area contributed by atoms with E-state index >= 15 is 0 Å². The lowest BCUT2D eigenvalue weighted by Gasteiger charge is -2.24. The van der Waals surface area contributed by atoms with Crippen LogP contribution in [0.1, 0.15) is 36.8 Å². The fourth-order valence-electron chi connectivity index (χ4n) is 2.26. The van der Waals surface area contributed by atoms with Gasteiger partial charge in [-0.05, 0) is 23.5 Å². The van der Waals surface area contributed by atoms with Crippen molar-refractivity contribution in [1.29, 1.82) is 0 Å². The number of ether oxygens (including phenoxy) is 1. The predicted molar refractivity (Wildman–Crippen MR) is 71.0 cm³/mol. The third-order valence-corrected chi connectivity index (χ3v) is 3.69. The van der Waals surface area contributed by atoms with Gasteiger partial charge in [-0.1, -0.05) is 43.5 Å². The predicted octanol–water partition coefficient (Wildman–Crippen LogP) is 2.42. The Kier molecular flexibility index (Phi) is 4.76. The lowest BCUT2D eigenvalue weighted by atomic mass is 9.83. The first-order chi connectivity index (χ1) is 8.79. The molecule has 1 aromatic carbocycles. The molecule has 18 heavy (non-hydrogen) atoms. The molecule has 2 N–H and O–H groups in total. The molecule has 3 nitrogen and oxygen atoms in total. The molecule has 0 aromatic heterocycles. The Balaban J connectivity index is 1.75. The summed E-state index contributed by atoms with van der Waals surface area (Å²) in [5, 5.41) is 0. The summed E-state index contributed by atoms with van der Waals surface area (Å²) in [6.45, 7) is 1.03. The third-order valence-electron chi connectivity index (χ3n) is 3.69. The topological polar surface area (TPSA) is 52.3 Å². The van der Waals surface area contributed by atoms with Crippen molar-refractivity contribution < 1.29 is 9.53 Å². The molecule has 98 valence electrons. The van der Waals surface area contributed by atoms with E-state index in [0.29, 0.717) is 19.6 Å². The Morgan fingerprint density at radius 2 is 2.00 bits per heavy atom. The van der Waals surface area contributed by atoms with E-state index in [2.05, 4.69) is 0 Å². The van der Waals surface area contributed by atoms with Gasteiger partial charge in [-0.3, -0.25) is 4.79 Å². The fourth-order valence-corrected chi connectivity index (χ4v) is 2.26. The molecule has 0 atom stereocenters. The number of carbonyl (C=O) groups is 1. The van der Waals surface area contributed by atoms with Crippen LogP contribution in [-0.4, -0.2) is 12.6 Å². The summed E-state index contributed by atoms with van der Waals surface area (Å²) in [6, 6.07) is 7.76. The lowest BCUT2D eigenvalue weighted by molar-refractivity contribution is -0.143. The SMILES string of the molecule is NCc1ccccc1CC(=O)OCCC1CCC1. The second-order valence-corrected chi connectivity index (χ2v) is 4.96. The van der Waals surface area contributed by atoms with Gasteiger partial charge in [0.15, 0.2) is 0 Å². The molecule has 0 unspecified atom stereocenters. The van der Waals surface area contributed by atoms with E-state index < -0.39 is 0 Å². The quantitative estimate of drug-likeness (QED) is 0.785. The van der Waals surface area contributed by atoms with Crippen LogP contribution in [0.25, 0.3) is 0 Å². The fraction of sp³-hybridized carbons (Fsp3) is 0.533. The number of rotatable bonds is 6. The van der Waals surface area contributed by atoms with Crippen LogP contribution < -0.4 is 5.73 Å². The summed E-state index contributed by atoms with van der Waals surface area (Å²) in [4.78, 5) is 11.7. The number of nitrogens with two attached hydrogens (primary N) is 1. The van der Waals surface area contributed by atoms with E-state index in [-0.39, 0.29) is 5.97 Å². The van der Waals surface area contributed by atoms with E-state index in [4.69, 9.17) is 10.5 Å². The molecule has 1 aliphatic carbocycles. The molecule has 0 heterocycles. The van der Waals surface area contributed by atoms with Crippen molar-refractivity contribution in [2.75, 3.05) is 6.61 Å². The van der Waals surface area contributed by atoms with Crippen molar-refractivity contribution in [3.63, 3.8) is 0 Å². The Labute approximate surface area is 108 Å². The number of hydrogen-bond acceptors (Lipinski definition) is 3. The summed E-state index contributed by atoms with van der Waals surface area (Å²) < 4.78 is 5.27. The molecule has 1 fully saturated rings. The zero-order valence-corrected chi connectivity index (χ0v) is 10.7. The van der Waals surface area contributed by atoms with Crippen LogP contribution in [0.5, 0.6) is 0 Å². The number of carbonyl (C=O) groups excluding carboxylic acids is 1. The average molecular weight is 247 g/mol. The lowest BCUT2D eigenvalue weighted by Crippen LogP contribution is -2.17. The summed E-state index contributed by atoms with van der Waals surface area (Å²) >= 11 is 0. The molecule has 0 bridgehead atoms. The third kappa shape index (κ3) is 3.57.